The molecule has 1 saturated heterocycles. The van der Waals surface area contributed by atoms with Gasteiger partial charge < -0.3 is 38.8 Å². The highest BCUT2D eigenvalue weighted by Crippen LogP contribution is 2.34. The maximum Gasteiger partial charge on any atom is 0.324 e. The second-order valence-electron chi connectivity index (χ2n) is 13.2. The van der Waals surface area contributed by atoms with E-state index in [1.165, 1.54) is 18.0 Å². The number of rotatable bonds is 17. The molecule has 1 aromatic heterocycles. The van der Waals surface area contributed by atoms with Gasteiger partial charge in [-0.05, 0) is 25.7 Å². The number of amides is 3. The molecule has 0 radical (unpaired) electrons. The molecule has 2 N–H and O–H groups in total. The van der Waals surface area contributed by atoms with Gasteiger partial charge in [-0.2, -0.15) is 0 Å². The molecule has 0 unspecified atom stereocenters. The van der Waals surface area contributed by atoms with Crippen molar-refractivity contribution in [1.82, 2.24) is 20.2 Å². The van der Waals surface area contributed by atoms with Crippen LogP contribution in [0.3, 0.4) is 0 Å². The fourth-order valence-electron chi connectivity index (χ4n) is 6.29. The van der Waals surface area contributed by atoms with Crippen LogP contribution in [0.4, 0.5) is 10.5 Å². The van der Waals surface area contributed by atoms with E-state index in [0.717, 1.165) is 36.7 Å². The van der Waals surface area contributed by atoms with Gasteiger partial charge in [0.1, 0.15) is 6.04 Å². The molecule has 1 aliphatic heterocycles. The third kappa shape index (κ3) is 11.5. The van der Waals surface area contributed by atoms with Crippen LogP contribution in [0.2, 0.25) is 0 Å². The molecule has 1 saturated carbocycles. The van der Waals surface area contributed by atoms with E-state index in [4.69, 9.17) is 18.9 Å². The van der Waals surface area contributed by atoms with Crippen molar-refractivity contribution in [3.8, 4) is 0 Å². The molecular formula is C35H55N6O7+. The van der Waals surface area contributed by atoms with Gasteiger partial charge in [0.25, 0.3) is 5.91 Å². The van der Waals surface area contributed by atoms with Gasteiger partial charge in [0, 0.05) is 45.1 Å². The van der Waals surface area contributed by atoms with Crippen molar-refractivity contribution in [2.45, 2.75) is 50.2 Å². The first-order valence-corrected chi connectivity index (χ1v) is 17.2. The highest BCUT2D eigenvalue weighted by atomic mass is 16.6. The summed E-state index contributed by atoms with van der Waals surface area (Å²) in [7, 11) is 6.16. The summed E-state index contributed by atoms with van der Waals surface area (Å²) >= 11 is 0. The van der Waals surface area contributed by atoms with Crippen LogP contribution in [-0.2, 0) is 18.9 Å². The van der Waals surface area contributed by atoms with E-state index in [-0.39, 0.29) is 17.9 Å². The largest absolute Gasteiger partial charge is 0.388 e. The average Bonchev–Trinajstić information content (AvgIpc) is 3.09. The molecule has 3 amide bonds. The van der Waals surface area contributed by atoms with Crippen molar-refractivity contribution in [2.75, 3.05) is 105 Å². The minimum atomic E-state index is -0.841. The Morgan fingerprint density at radius 1 is 0.938 bits per heavy atom. The maximum absolute atomic E-state index is 14.1. The second-order valence-corrected chi connectivity index (χ2v) is 13.2. The number of nitrogens with one attached hydrogen (secondary N) is 1. The molecule has 2 aromatic rings. The fourth-order valence-corrected chi connectivity index (χ4v) is 6.29. The number of aliphatic hydroxyl groups is 1. The molecule has 2 fully saturated rings. The lowest BCUT2D eigenvalue weighted by atomic mass is 9.80. The molecule has 13 heteroatoms. The van der Waals surface area contributed by atoms with Gasteiger partial charge in [0.2, 0.25) is 5.82 Å². The number of nitrogens with zero attached hydrogens (tertiary/aromatic N) is 5. The number of ether oxygens (including phenoxy) is 4. The molecule has 266 valence electrons. The van der Waals surface area contributed by atoms with E-state index in [2.05, 4.69) is 53.6 Å². The summed E-state index contributed by atoms with van der Waals surface area (Å²) in [6.07, 6.45) is 7.91. The molecule has 2 heterocycles. The van der Waals surface area contributed by atoms with Crippen LogP contribution in [0.5, 0.6) is 0 Å². The Morgan fingerprint density at radius 3 is 2.21 bits per heavy atom. The predicted molar refractivity (Wildman–Crippen MR) is 182 cm³/mol. The number of carbonyl (C=O) groups is 2. The minimum Gasteiger partial charge on any atom is -0.388 e. The summed E-state index contributed by atoms with van der Waals surface area (Å²) in [6.45, 7) is 5.73. The third-order valence-electron chi connectivity index (χ3n) is 9.18. The van der Waals surface area contributed by atoms with E-state index >= 15 is 0 Å². The number of benzene rings is 1. The molecule has 1 aromatic carbocycles. The zero-order valence-corrected chi connectivity index (χ0v) is 29.0. The minimum absolute atomic E-state index is 0.0182. The Kier molecular flexibility index (Phi) is 15.0. The van der Waals surface area contributed by atoms with Crippen LogP contribution in [0.1, 0.15) is 60.7 Å². The Morgan fingerprint density at radius 2 is 1.58 bits per heavy atom. The molecule has 48 heavy (non-hydrogen) atoms. The molecule has 1 atom stereocenters. The normalized spacial score (nSPS) is 19.8. The lowest BCUT2D eigenvalue weighted by Gasteiger charge is -2.42. The molecule has 13 nitrogen and oxygen atoms in total. The predicted octanol–water partition coefficient (Wildman–Crippen LogP) is 3.05. The first kappa shape index (κ1) is 37.6. The number of aromatic nitrogens is 2. The van der Waals surface area contributed by atoms with Gasteiger partial charge in [-0.1, -0.05) is 30.3 Å². The van der Waals surface area contributed by atoms with Crippen molar-refractivity contribution in [1.29, 1.82) is 0 Å². The number of β-amino-alcohol motifs (C(OH)–C–C–N with tert-alkyl or cyclic N) is 1. The molecule has 0 bridgehead atoms. The number of carbonyl (C=O) groups excluding carboxylic acids is 2. The van der Waals surface area contributed by atoms with Crippen LogP contribution in [0.15, 0.2) is 42.7 Å². The number of quaternary nitrogens is 1. The lowest BCUT2D eigenvalue weighted by molar-refractivity contribution is -0.921. The summed E-state index contributed by atoms with van der Waals surface area (Å²) in [5, 5.41) is 13.8. The van der Waals surface area contributed by atoms with E-state index in [0.29, 0.717) is 91.0 Å². The van der Waals surface area contributed by atoms with Gasteiger partial charge in [-0.15, -0.1) is 0 Å². The lowest BCUT2D eigenvalue weighted by Crippen LogP contribution is -2.54. The quantitative estimate of drug-likeness (QED) is 0.192. The summed E-state index contributed by atoms with van der Waals surface area (Å²) in [4.78, 5) is 39.0. The first-order valence-electron chi connectivity index (χ1n) is 17.2. The summed E-state index contributed by atoms with van der Waals surface area (Å²) in [5.41, 5.74) is 0.975. The van der Waals surface area contributed by atoms with E-state index < -0.39 is 11.5 Å². The Hall–Kier alpha value is -3.20. The van der Waals surface area contributed by atoms with Crippen molar-refractivity contribution in [3.05, 3.63) is 54.1 Å². The smallest absolute Gasteiger partial charge is 0.324 e. The number of hydrogen-bond donors (Lipinski definition) is 2. The van der Waals surface area contributed by atoms with E-state index in [1.807, 2.05) is 6.07 Å². The third-order valence-corrected chi connectivity index (χ3v) is 9.18. The number of urea groups is 1. The highest BCUT2D eigenvalue weighted by molar-refractivity contribution is 5.93. The standard InChI is InChI=1S/C35H54N6O7/c1-41(2)18-9-16-39(28-35(44)13-8-14-35)34(43)40(17-7-12-31(41)29-10-5-4-6-11-29)30-26-37-32(38-27-30)33(42)36-15-19-46-22-23-48-25-24-47-21-20-45-3/h4-6,10-11,26-27,31,44H,7-9,12-25,28H2,1-3H3/p+1/t31-/m1/s1. The monoisotopic (exact) mass is 671 g/mol. The van der Waals surface area contributed by atoms with E-state index in [9.17, 15) is 14.7 Å². The Labute approximate surface area is 285 Å². The molecule has 1 aliphatic carbocycles. The van der Waals surface area contributed by atoms with E-state index in [1.54, 1.807) is 16.9 Å². The van der Waals surface area contributed by atoms with Gasteiger partial charge in [-0.25, -0.2) is 14.8 Å². The Bertz CT molecular complexity index is 1250. The molecule has 0 spiro atoms. The van der Waals surface area contributed by atoms with Gasteiger partial charge in [-0.3, -0.25) is 9.69 Å². The Balaban J connectivity index is 1.34. The molecule has 4 rings (SSSR count). The van der Waals surface area contributed by atoms with Gasteiger partial charge in [0.15, 0.2) is 0 Å². The van der Waals surface area contributed by atoms with Crippen LogP contribution >= 0.6 is 0 Å². The van der Waals surface area contributed by atoms with Crippen LogP contribution in [0, 0.1) is 0 Å². The van der Waals surface area contributed by atoms with Gasteiger partial charge in [0.05, 0.1) is 97.1 Å². The van der Waals surface area contributed by atoms with Crippen molar-refractivity contribution < 1.29 is 38.1 Å². The van der Waals surface area contributed by atoms with Crippen molar-refractivity contribution in [3.63, 3.8) is 0 Å². The zero-order chi connectivity index (χ0) is 34.2. The zero-order valence-electron chi connectivity index (χ0n) is 29.0. The second kappa shape index (κ2) is 19.1. The van der Waals surface area contributed by atoms with Crippen LogP contribution < -0.4 is 10.2 Å². The maximum atomic E-state index is 14.1. The topological polar surface area (TPSA) is 136 Å². The van der Waals surface area contributed by atoms with Crippen LogP contribution in [-0.4, -0.2) is 142 Å². The first-order chi connectivity index (χ1) is 23.2. The molecular weight excluding hydrogens is 616 g/mol. The SMILES string of the molecule is COCCOCCOCCOCCNC(=O)c1ncc(N2CCC[C@H](c3ccccc3)[N+](C)(C)CCCN(CC3(O)CCC3)C2=O)cn1. The van der Waals surface area contributed by atoms with Crippen molar-refractivity contribution >= 4 is 17.6 Å². The summed E-state index contributed by atoms with van der Waals surface area (Å²) in [5.74, 6) is -0.400. The fraction of sp³-hybridized carbons (Fsp3) is 0.657. The van der Waals surface area contributed by atoms with Crippen LogP contribution in [0.25, 0.3) is 0 Å². The molecule has 2 aliphatic rings. The number of anilines is 1. The summed E-state index contributed by atoms with van der Waals surface area (Å²) in [6, 6.07) is 10.7. The average molecular weight is 672 g/mol. The highest BCUT2D eigenvalue weighted by Gasteiger charge is 2.39. The number of hydrogen-bond acceptors (Lipinski definition) is 9. The number of methoxy groups -OCH3 is 1. The summed E-state index contributed by atoms with van der Waals surface area (Å²) < 4.78 is 22.0. The van der Waals surface area contributed by atoms with Gasteiger partial charge >= 0.3 is 6.03 Å². The van der Waals surface area contributed by atoms with Crippen molar-refractivity contribution in [2.24, 2.45) is 0 Å².